The van der Waals surface area contributed by atoms with E-state index in [1.54, 1.807) is 12.7 Å². The number of nitrogens with zero attached hydrogens (tertiary/aromatic N) is 5. The van der Waals surface area contributed by atoms with Crippen LogP contribution in [0.2, 0.25) is 5.02 Å². The van der Waals surface area contributed by atoms with Crippen LogP contribution in [0.4, 0.5) is 5.69 Å². The van der Waals surface area contributed by atoms with E-state index in [9.17, 15) is 4.79 Å². The molecular formula is C17H20ClN5O. The minimum Gasteiger partial charge on any atom is -0.311 e. The SMILES string of the molecule is O=C1[C@@H](N2CCC[C@H](n3cncn3)C2)CCN1c1ccc(Cl)cc1. The Hall–Kier alpha value is -1.92. The van der Waals surface area contributed by atoms with E-state index < -0.39 is 0 Å². The zero-order valence-electron chi connectivity index (χ0n) is 13.4. The number of hydrogen-bond acceptors (Lipinski definition) is 4. The van der Waals surface area contributed by atoms with E-state index >= 15 is 0 Å². The van der Waals surface area contributed by atoms with Crippen LogP contribution < -0.4 is 4.90 Å². The lowest BCUT2D eigenvalue weighted by Crippen LogP contribution is -2.47. The minimum atomic E-state index is -0.0352. The fourth-order valence-electron chi connectivity index (χ4n) is 3.77. The van der Waals surface area contributed by atoms with E-state index in [1.165, 1.54) is 0 Å². The van der Waals surface area contributed by atoms with E-state index in [-0.39, 0.29) is 11.9 Å². The maximum absolute atomic E-state index is 12.9. The van der Waals surface area contributed by atoms with E-state index in [2.05, 4.69) is 15.0 Å². The van der Waals surface area contributed by atoms with Crippen LogP contribution in [0.3, 0.4) is 0 Å². The van der Waals surface area contributed by atoms with Crippen LogP contribution >= 0.6 is 11.6 Å². The number of piperidine rings is 1. The summed E-state index contributed by atoms with van der Waals surface area (Å²) < 4.78 is 1.92. The summed E-state index contributed by atoms with van der Waals surface area (Å²) >= 11 is 5.95. The first-order valence-electron chi connectivity index (χ1n) is 8.37. The zero-order valence-corrected chi connectivity index (χ0v) is 14.1. The molecule has 0 unspecified atom stereocenters. The summed E-state index contributed by atoms with van der Waals surface area (Å²) in [6, 6.07) is 7.76. The van der Waals surface area contributed by atoms with Crippen molar-refractivity contribution in [3.63, 3.8) is 0 Å². The molecule has 0 radical (unpaired) electrons. The van der Waals surface area contributed by atoms with Gasteiger partial charge in [-0.15, -0.1) is 0 Å². The third-order valence-corrected chi connectivity index (χ3v) is 5.25. The molecule has 3 heterocycles. The molecule has 2 aliphatic rings. The monoisotopic (exact) mass is 345 g/mol. The number of aromatic nitrogens is 3. The highest BCUT2D eigenvalue weighted by atomic mass is 35.5. The number of carbonyl (C=O) groups is 1. The summed E-state index contributed by atoms with van der Waals surface area (Å²) in [7, 11) is 0. The molecule has 2 fully saturated rings. The first-order valence-corrected chi connectivity index (χ1v) is 8.75. The zero-order chi connectivity index (χ0) is 16.5. The molecule has 2 aromatic rings. The average Bonchev–Trinajstić information content (AvgIpc) is 3.26. The van der Waals surface area contributed by atoms with Gasteiger partial charge in [-0.3, -0.25) is 9.69 Å². The number of anilines is 1. The van der Waals surface area contributed by atoms with E-state index in [4.69, 9.17) is 11.6 Å². The normalized spacial score (nSPS) is 25.4. The fraction of sp³-hybridized carbons (Fsp3) is 0.471. The van der Waals surface area contributed by atoms with Gasteiger partial charge in [-0.05, 0) is 50.1 Å². The fourth-order valence-corrected chi connectivity index (χ4v) is 3.90. The number of likely N-dealkylation sites (tertiary alicyclic amines) is 1. The molecule has 1 aromatic carbocycles. The summed E-state index contributed by atoms with van der Waals surface area (Å²) in [6.45, 7) is 2.58. The first kappa shape index (κ1) is 15.6. The summed E-state index contributed by atoms with van der Waals surface area (Å²) in [4.78, 5) is 21.1. The van der Waals surface area contributed by atoms with Crippen LogP contribution in [-0.2, 0) is 4.79 Å². The highest BCUT2D eigenvalue weighted by Gasteiger charge is 2.38. The van der Waals surface area contributed by atoms with Gasteiger partial charge in [-0.1, -0.05) is 11.6 Å². The molecule has 2 saturated heterocycles. The molecule has 7 heteroatoms. The lowest BCUT2D eigenvalue weighted by molar-refractivity contribution is -0.122. The van der Waals surface area contributed by atoms with Crippen molar-refractivity contribution >= 4 is 23.2 Å². The molecule has 4 rings (SSSR count). The molecule has 0 N–H and O–H groups in total. The molecule has 0 aliphatic carbocycles. The highest BCUT2D eigenvalue weighted by Crippen LogP contribution is 2.29. The van der Waals surface area contributed by atoms with Gasteiger partial charge in [0.25, 0.3) is 0 Å². The Labute approximate surface area is 146 Å². The number of halogens is 1. The van der Waals surface area contributed by atoms with Crippen LogP contribution in [-0.4, -0.2) is 51.2 Å². The van der Waals surface area contributed by atoms with Gasteiger partial charge < -0.3 is 4.90 Å². The number of amides is 1. The maximum Gasteiger partial charge on any atom is 0.244 e. The predicted molar refractivity (Wildman–Crippen MR) is 92.1 cm³/mol. The van der Waals surface area contributed by atoms with Gasteiger partial charge >= 0.3 is 0 Å². The predicted octanol–water partition coefficient (Wildman–Crippen LogP) is 2.37. The smallest absolute Gasteiger partial charge is 0.244 e. The van der Waals surface area contributed by atoms with Crippen molar-refractivity contribution in [3.8, 4) is 0 Å². The summed E-state index contributed by atoms with van der Waals surface area (Å²) in [5.41, 5.74) is 0.928. The molecule has 1 aromatic heterocycles. The number of benzene rings is 1. The maximum atomic E-state index is 12.9. The largest absolute Gasteiger partial charge is 0.311 e. The van der Waals surface area contributed by atoms with Crippen molar-refractivity contribution in [2.75, 3.05) is 24.5 Å². The summed E-state index contributed by atoms with van der Waals surface area (Å²) in [5.74, 6) is 0.191. The van der Waals surface area contributed by atoms with E-state index in [0.29, 0.717) is 11.1 Å². The second-order valence-electron chi connectivity index (χ2n) is 6.44. The van der Waals surface area contributed by atoms with E-state index in [1.807, 2.05) is 33.8 Å². The first-order chi connectivity index (χ1) is 11.7. The van der Waals surface area contributed by atoms with Crippen LogP contribution in [0.15, 0.2) is 36.9 Å². The van der Waals surface area contributed by atoms with Crippen LogP contribution in [0, 0.1) is 0 Å². The van der Waals surface area contributed by atoms with Gasteiger partial charge in [-0.2, -0.15) is 5.10 Å². The standard InChI is InChI=1S/C17H20ClN5O/c18-13-3-5-14(6-4-13)22-9-7-16(17(22)24)21-8-1-2-15(10-21)23-12-19-11-20-23/h3-6,11-12,15-16H,1-2,7-10H2/t15-,16-/m0/s1. The molecule has 126 valence electrons. The summed E-state index contributed by atoms with van der Waals surface area (Å²) in [6.07, 6.45) is 6.37. The van der Waals surface area contributed by atoms with Crippen LogP contribution in [0.5, 0.6) is 0 Å². The third-order valence-electron chi connectivity index (χ3n) is 4.99. The molecule has 6 nitrogen and oxygen atoms in total. The Morgan fingerprint density at radius 1 is 1.12 bits per heavy atom. The minimum absolute atomic E-state index is 0.0352. The second kappa shape index (κ2) is 6.53. The van der Waals surface area contributed by atoms with Crippen molar-refractivity contribution in [1.29, 1.82) is 0 Å². The molecule has 0 bridgehead atoms. The van der Waals surface area contributed by atoms with Crippen molar-refractivity contribution in [1.82, 2.24) is 19.7 Å². The Morgan fingerprint density at radius 2 is 1.96 bits per heavy atom. The second-order valence-corrected chi connectivity index (χ2v) is 6.87. The molecule has 2 atom stereocenters. The molecule has 24 heavy (non-hydrogen) atoms. The van der Waals surface area contributed by atoms with Crippen molar-refractivity contribution < 1.29 is 4.79 Å². The van der Waals surface area contributed by atoms with Gasteiger partial charge in [0.15, 0.2) is 0 Å². The molecule has 1 amide bonds. The van der Waals surface area contributed by atoms with Crippen molar-refractivity contribution in [2.45, 2.75) is 31.3 Å². The Kier molecular flexibility index (Phi) is 4.24. The van der Waals surface area contributed by atoms with Gasteiger partial charge in [0, 0.05) is 23.8 Å². The quantitative estimate of drug-likeness (QED) is 0.857. The highest BCUT2D eigenvalue weighted by molar-refractivity contribution is 6.30. The molecule has 0 spiro atoms. The number of carbonyl (C=O) groups excluding carboxylic acids is 1. The van der Waals surface area contributed by atoms with Gasteiger partial charge in [0.1, 0.15) is 12.7 Å². The Morgan fingerprint density at radius 3 is 2.71 bits per heavy atom. The topological polar surface area (TPSA) is 54.3 Å². The lowest BCUT2D eigenvalue weighted by Gasteiger charge is -2.35. The Bertz CT molecular complexity index is 702. The van der Waals surface area contributed by atoms with Gasteiger partial charge in [0.05, 0.1) is 12.1 Å². The molecular weight excluding hydrogens is 326 g/mol. The van der Waals surface area contributed by atoms with E-state index in [0.717, 1.165) is 44.6 Å². The number of hydrogen-bond donors (Lipinski definition) is 0. The molecule has 0 saturated carbocycles. The third kappa shape index (κ3) is 2.91. The summed E-state index contributed by atoms with van der Waals surface area (Å²) in [5, 5.41) is 4.95. The number of rotatable bonds is 3. The van der Waals surface area contributed by atoms with Gasteiger partial charge in [0.2, 0.25) is 5.91 Å². The van der Waals surface area contributed by atoms with Crippen LogP contribution in [0.1, 0.15) is 25.3 Å². The van der Waals surface area contributed by atoms with Gasteiger partial charge in [-0.25, -0.2) is 9.67 Å². The van der Waals surface area contributed by atoms with Crippen LogP contribution in [0.25, 0.3) is 0 Å². The lowest BCUT2D eigenvalue weighted by atomic mass is 10.0. The average molecular weight is 346 g/mol. The van der Waals surface area contributed by atoms with Crippen molar-refractivity contribution in [3.05, 3.63) is 41.9 Å². The Balaban J connectivity index is 1.47. The van der Waals surface area contributed by atoms with Crippen molar-refractivity contribution in [2.24, 2.45) is 0 Å². The molecule has 2 aliphatic heterocycles.